The van der Waals surface area contributed by atoms with Crippen molar-refractivity contribution in [2.45, 2.75) is 6.54 Å². The van der Waals surface area contributed by atoms with E-state index in [1.807, 2.05) is 28.1 Å². The molecule has 3 nitrogen and oxygen atoms in total. The number of carbonyl (C=O) groups excluding carboxylic acids is 1. The molecule has 0 saturated carbocycles. The molecule has 7 heteroatoms. The summed E-state index contributed by atoms with van der Waals surface area (Å²) in [6, 6.07) is 15.1. The Kier molecular flexibility index (Phi) is 4.91. The number of thiophene rings is 1. The van der Waals surface area contributed by atoms with Gasteiger partial charge in [0, 0.05) is 12.2 Å². The number of nitrogens with one attached hydrogen (secondary N) is 1. The lowest BCUT2D eigenvalue weighted by atomic mass is 10.2. The maximum Gasteiger partial charge on any atom is 0.272 e. The molecule has 0 unspecified atom stereocenters. The summed E-state index contributed by atoms with van der Waals surface area (Å²) < 4.78 is 16.4. The zero-order chi connectivity index (χ0) is 19.0. The fraction of sp³-hybridized carbons (Fsp3) is 0.0500. The summed E-state index contributed by atoms with van der Waals surface area (Å²) in [6.45, 7) is 0.391. The van der Waals surface area contributed by atoms with Crippen LogP contribution in [0.2, 0.25) is 10.0 Å². The first kappa shape index (κ1) is 18.0. The van der Waals surface area contributed by atoms with E-state index in [1.54, 1.807) is 35.6 Å². The van der Waals surface area contributed by atoms with Gasteiger partial charge in [0.25, 0.3) is 5.91 Å². The Labute approximate surface area is 169 Å². The van der Waals surface area contributed by atoms with Gasteiger partial charge in [0.2, 0.25) is 0 Å². The molecule has 2 aromatic heterocycles. The maximum absolute atomic E-state index is 13.6. The normalized spacial score (nSPS) is 11.1. The Morgan fingerprint density at radius 2 is 1.93 bits per heavy atom. The highest BCUT2D eigenvalue weighted by atomic mass is 35.5. The molecular formula is C20H13Cl2FN2OS. The number of fused-ring (bicyclic) bond motifs is 1. The molecular weight excluding hydrogens is 406 g/mol. The van der Waals surface area contributed by atoms with E-state index < -0.39 is 0 Å². The van der Waals surface area contributed by atoms with E-state index in [2.05, 4.69) is 5.32 Å². The van der Waals surface area contributed by atoms with Gasteiger partial charge < -0.3 is 9.88 Å². The number of hydrogen-bond donors (Lipinski definition) is 1. The first-order valence-electron chi connectivity index (χ1n) is 8.09. The molecule has 0 spiro atoms. The van der Waals surface area contributed by atoms with Crippen LogP contribution < -0.4 is 5.32 Å². The second-order valence-electron chi connectivity index (χ2n) is 6.00. The Bertz CT molecular complexity index is 1150. The Morgan fingerprint density at radius 3 is 2.70 bits per heavy atom. The van der Waals surface area contributed by atoms with Crippen LogP contribution in [-0.4, -0.2) is 10.5 Å². The number of amides is 1. The molecule has 4 aromatic rings. The van der Waals surface area contributed by atoms with E-state index in [9.17, 15) is 9.18 Å². The third-order valence-corrected chi connectivity index (χ3v) is 5.75. The van der Waals surface area contributed by atoms with Crippen LogP contribution in [0.25, 0.3) is 10.2 Å². The average molecular weight is 419 g/mol. The number of aromatic nitrogens is 1. The van der Waals surface area contributed by atoms with Crippen LogP contribution in [-0.2, 0) is 6.54 Å². The van der Waals surface area contributed by atoms with Crippen molar-refractivity contribution in [3.05, 3.63) is 87.1 Å². The van der Waals surface area contributed by atoms with Crippen molar-refractivity contribution < 1.29 is 9.18 Å². The molecule has 1 N–H and O–H groups in total. The summed E-state index contributed by atoms with van der Waals surface area (Å²) in [4.78, 5) is 12.9. The van der Waals surface area contributed by atoms with Gasteiger partial charge in [-0.05, 0) is 53.4 Å². The smallest absolute Gasteiger partial charge is 0.272 e. The van der Waals surface area contributed by atoms with Crippen molar-refractivity contribution in [2.24, 2.45) is 0 Å². The predicted molar refractivity (Wildman–Crippen MR) is 110 cm³/mol. The zero-order valence-corrected chi connectivity index (χ0v) is 16.2. The molecule has 0 atom stereocenters. The molecule has 0 aliphatic heterocycles. The summed E-state index contributed by atoms with van der Waals surface area (Å²) in [6.07, 6.45) is 0. The lowest BCUT2D eigenvalue weighted by Crippen LogP contribution is -2.17. The highest BCUT2D eigenvalue weighted by Crippen LogP contribution is 2.28. The quantitative estimate of drug-likeness (QED) is 0.405. The van der Waals surface area contributed by atoms with E-state index in [0.29, 0.717) is 28.0 Å². The Hall–Kier alpha value is -2.34. The number of anilines is 1. The van der Waals surface area contributed by atoms with Crippen LogP contribution in [0.15, 0.2) is 60.0 Å². The van der Waals surface area contributed by atoms with Crippen LogP contribution in [0.4, 0.5) is 10.1 Å². The van der Waals surface area contributed by atoms with Gasteiger partial charge >= 0.3 is 0 Å². The molecule has 2 aromatic carbocycles. The van der Waals surface area contributed by atoms with Gasteiger partial charge in [0.1, 0.15) is 11.5 Å². The minimum Gasteiger partial charge on any atom is -0.331 e. The molecule has 27 heavy (non-hydrogen) atoms. The summed E-state index contributed by atoms with van der Waals surface area (Å²) in [5.41, 5.74) is 2.76. The van der Waals surface area contributed by atoms with Gasteiger partial charge in [0.05, 0.1) is 20.3 Å². The molecule has 1 amide bonds. The molecule has 0 aliphatic rings. The number of nitrogens with zero attached hydrogens (tertiary/aromatic N) is 1. The first-order chi connectivity index (χ1) is 13.0. The molecule has 0 bridgehead atoms. The average Bonchev–Trinajstić information content (AvgIpc) is 3.21. The fourth-order valence-corrected chi connectivity index (χ4v) is 4.04. The van der Waals surface area contributed by atoms with Crippen molar-refractivity contribution in [2.75, 3.05) is 5.32 Å². The van der Waals surface area contributed by atoms with Crippen molar-refractivity contribution in [3.8, 4) is 0 Å². The summed E-state index contributed by atoms with van der Waals surface area (Å²) >= 11 is 13.5. The summed E-state index contributed by atoms with van der Waals surface area (Å²) in [7, 11) is 0. The van der Waals surface area contributed by atoms with Crippen molar-refractivity contribution in [1.82, 2.24) is 4.57 Å². The van der Waals surface area contributed by atoms with Crippen LogP contribution in [0.5, 0.6) is 0 Å². The van der Waals surface area contributed by atoms with Crippen LogP contribution in [0.1, 0.15) is 16.1 Å². The predicted octanol–water partition coefficient (Wildman–Crippen LogP) is 6.45. The minimum atomic E-state index is -0.303. The standard InChI is InChI=1S/C20H13Cl2FN2OS/c21-15-5-4-14(9-16(15)22)24-20(26)18-10-19-17(6-7-27-19)25(18)11-12-2-1-3-13(23)8-12/h1-10H,11H2,(H,24,26). The molecule has 4 rings (SSSR count). The first-order valence-corrected chi connectivity index (χ1v) is 9.72. The number of rotatable bonds is 4. The number of benzene rings is 2. The highest BCUT2D eigenvalue weighted by Gasteiger charge is 2.17. The van der Waals surface area contributed by atoms with E-state index in [4.69, 9.17) is 23.2 Å². The molecule has 0 aliphatic carbocycles. The van der Waals surface area contributed by atoms with E-state index in [-0.39, 0.29) is 11.7 Å². The van der Waals surface area contributed by atoms with Gasteiger partial charge in [-0.15, -0.1) is 11.3 Å². The van der Waals surface area contributed by atoms with Crippen molar-refractivity contribution >= 4 is 56.3 Å². The third kappa shape index (κ3) is 3.72. The lowest BCUT2D eigenvalue weighted by molar-refractivity contribution is 0.101. The highest BCUT2D eigenvalue weighted by molar-refractivity contribution is 7.17. The second-order valence-corrected chi connectivity index (χ2v) is 7.76. The Morgan fingerprint density at radius 1 is 1.07 bits per heavy atom. The van der Waals surface area contributed by atoms with Gasteiger partial charge in [0.15, 0.2) is 0 Å². The number of halogens is 3. The Balaban J connectivity index is 1.69. The summed E-state index contributed by atoms with van der Waals surface area (Å²) in [5, 5.41) is 5.60. The second kappa shape index (κ2) is 7.35. The minimum absolute atomic E-state index is 0.270. The van der Waals surface area contributed by atoms with Crippen LogP contribution in [0, 0.1) is 5.82 Å². The molecule has 0 fully saturated rings. The topological polar surface area (TPSA) is 34.0 Å². The fourth-order valence-electron chi connectivity index (χ4n) is 2.92. The molecule has 0 radical (unpaired) electrons. The maximum atomic E-state index is 13.6. The third-order valence-electron chi connectivity index (χ3n) is 4.16. The molecule has 0 saturated heterocycles. The van der Waals surface area contributed by atoms with Crippen molar-refractivity contribution in [1.29, 1.82) is 0 Å². The van der Waals surface area contributed by atoms with Gasteiger partial charge in [-0.3, -0.25) is 4.79 Å². The van der Waals surface area contributed by atoms with E-state index >= 15 is 0 Å². The number of carbonyl (C=O) groups is 1. The summed E-state index contributed by atoms with van der Waals surface area (Å²) in [5.74, 6) is -0.573. The molecule has 2 heterocycles. The lowest BCUT2D eigenvalue weighted by Gasteiger charge is -2.11. The van der Waals surface area contributed by atoms with Crippen molar-refractivity contribution in [3.63, 3.8) is 0 Å². The van der Waals surface area contributed by atoms with Gasteiger partial charge in [-0.25, -0.2) is 4.39 Å². The largest absolute Gasteiger partial charge is 0.331 e. The van der Waals surface area contributed by atoms with Gasteiger partial charge in [-0.2, -0.15) is 0 Å². The molecule has 136 valence electrons. The van der Waals surface area contributed by atoms with Crippen LogP contribution >= 0.6 is 34.5 Å². The van der Waals surface area contributed by atoms with E-state index in [0.717, 1.165) is 15.8 Å². The van der Waals surface area contributed by atoms with Crippen LogP contribution in [0.3, 0.4) is 0 Å². The number of hydrogen-bond acceptors (Lipinski definition) is 2. The van der Waals surface area contributed by atoms with Gasteiger partial charge in [-0.1, -0.05) is 35.3 Å². The monoisotopic (exact) mass is 418 g/mol. The SMILES string of the molecule is O=C(Nc1ccc(Cl)c(Cl)c1)c1cc2sccc2n1Cc1cccc(F)c1. The van der Waals surface area contributed by atoms with E-state index in [1.165, 1.54) is 12.1 Å². The zero-order valence-electron chi connectivity index (χ0n) is 13.9.